The zero-order valence-corrected chi connectivity index (χ0v) is 13.7. The number of hydrogen-bond donors (Lipinski definition) is 1. The number of nitrogens with one attached hydrogen (secondary N) is 1. The monoisotopic (exact) mass is 333 g/mol. The standard InChI is InChI=1S/C15H22F3N3O2/c1-14(2,3)23-13(22)21(4)9-8-19-10-12-11(15(16,17)18)6-5-7-20-12/h5-7,19H,8-10H2,1-4H3. The normalized spacial score (nSPS) is 12.1. The van der Waals surface area contributed by atoms with Crippen LogP contribution >= 0.6 is 0 Å². The van der Waals surface area contributed by atoms with E-state index in [9.17, 15) is 18.0 Å². The van der Waals surface area contributed by atoms with Crippen LogP contribution in [-0.4, -0.2) is 41.7 Å². The highest BCUT2D eigenvalue weighted by Crippen LogP contribution is 2.30. The van der Waals surface area contributed by atoms with Gasteiger partial charge in [-0.05, 0) is 32.9 Å². The molecule has 23 heavy (non-hydrogen) atoms. The lowest BCUT2D eigenvalue weighted by atomic mass is 10.2. The quantitative estimate of drug-likeness (QED) is 0.842. The van der Waals surface area contributed by atoms with Gasteiger partial charge in [0.25, 0.3) is 0 Å². The van der Waals surface area contributed by atoms with Gasteiger partial charge in [0.2, 0.25) is 0 Å². The molecule has 0 aromatic carbocycles. The summed E-state index contributed by atoms with van der Waals surface area (Å²) in [6, 6.07) is 2.25. The molecule has 1 aromatic rings. The molecule has 0 fully saturated rings. The van der Waals surface area contributed by atoms with Gasteiger partial charge in [-0.1, -0.05) is 0 Å². The highest BCUT2D eigenvalue weighted by atomic mass is 19.4. The first-order valence-corrected chi connectivity index (χ1v) is 7.16. The Bertz CT molecular complexity index is 527. The molecule has 0 aliphatic heterocycles. The van der Waals surface area contributed by atoms with E-state index in [1.807, 2.05) is 0 Å². The van der Waals surface area contributed by atoms with Crippen molar-refractivity contribution in [1.29, 1.82) is 0 Å². The van der Waals surface area contributed by atoms with Crippen molar-refractivity contribution in [1.82, 2.24) is 15.2 Å². The average Bonchev–Trinajstić information content (AvgIpc) is 2.40. The Morgan fingerprint density at radius 1 is 1.35 bits per heavy atom. The van der Waals surface area contributed by atoms with Gasteiger partial charge in [0.1, 0.15) is 5.60 Å². The second-order valence-corrected chi connectivity index (χ2v) is 6.07. The van der Waals surface area contributed by atoms with Crippen molar-refractivity contribution in [3.05, 3.63) is 29.6 Å². The number of aromatic nitrogens is 1. The average molecular weight is 333 g/mol. The number of amides is 1. The molecule has 0 aliphatic carbocycles. The van der Waals surface area contributed by atoms with Gasteiger partial charge in [-0.25, -0.2) is 4.79 Å². The molecule has 130 valence electrons. The molecule has 5 nitrogen and oxygen atoms in total. The van der Waals surface area contributed by atoms with Crippen molar-refractivity contribution in [2.24, 2.45) is 0 Å². The summed E-state index contributed by atoms with van der Waals surface area (Å²) in [4.78, 5) is 16.8. The number of pyridine rings is 1. The Morgan fingerprint density at radius 3 is 2.57 bits per heavy atom. The van der Waals surface area contributed by atoms with Crippen LogP contribution < -0.4 is 5.32 Å². The summed E-state index contributed by atoms with van der Waals surface area (Å²) in [6.45, 7) is 5.88. The van der Waals surface area contributed by atoms with Crippen LogP contribution in [0.25, 0.3) is 0 Å². The molecule has 8 heteroatoms. The molecule has 1 N–H and O–H groups in total. The van der Waals surface area contributed by atoms with Crippen LogP contribution in [0.15, 0.2) is 18.3 Å². The Morgan fingerprint density at radius 2 is 2.00 bits per heavy atom. The summed E-state index contributed by atoms with van der Waals surface area (Å²) in [5, 5.41) is 2.85. The minimum Gasteiger partial charge on any atom is -0.444 e. The number of ether oxygens (including phenoxy) is 1. The molecule has 1 amide bonds. The second kappa shape index (κ2) is 7.63. The Labute approximate surface area is 133 Å². The maximum absolute atomic E-state index is 12.8. The Balaban J connectivity index is 2.46. The SMILES string of the molecule is CN(CCNCc1ncccc1C(F)(F)F)C(=O)OC(C)(C)C. The number of rotatable bonds is 5. The Hall–Kier alpha value is -1.83. The molecule has 0 saturated carbocycles. The van der Waals surface area contributed by atoms with Gasteiger partial charge in [0.15, 0.2) is 0 Å². The lowest BCUT2D eigenvalue weighted by Crippen LogP contribution is -2.38. The van der Waals surface area contributed by atoms with E-state index in [1.165, 1.54) is 17.2 Å². The molecule has 1 aromatic heterocycles. The summed E-state index contributed by atoms with van der Waals surface area (Å²) in [6.07, 6.45) is -3.59. The maximum Gasteiger partial charge on any atom is 0.418 e. The number of hydrogen-bond acceptors (Lipinski definition) is 4. The zero-order chi connectivity index (χ0) is 17.7. The number of carbonyl (C=O) groups is 1. The minimum absolute atomic E-state index is 0.0299. The smallest absolute Gasteiger partial charge is 0.418 e. The first kappa shape index (κ1) is 19.2. The predicted molar refractivity (Wildman–Crippen MR) is 79.8 cm³/mol. The molecule has 0 saturated heterocycles. The first-order chi connectivity index (χ1) is 10.5. The minimum atomic E-state index is -4.43. The molecule has 0 atom stereocenters. The third kappa shape index (κ3) is 6.85. The molecule has 0 bridgehead atoms. The number of nitrogens with zero attached hydrogens (tertiary/aromatic N) is 2. The van der Waals surface area contributed by atoms with Gasteiger partial charge >= 0.3 is 12.3 Å². The lowest BCUT2D eigenvalue weighted by molar-refractivity contribution is -0.138. The summed E-state index contributed by atoms with van der Waals surface area (Å²) < 4.78 is 43.6. The molecule has 0 spiro atoms. The summed E-state index contributed by atoms with van der Waals surface area (Å²) in [5.74, 6) is 0. The molecule has 1 rings (SSSR count). The van der Waals surface area contributed by atoms with Crippen LogP contribution in [0, 0.1) is 0 Å². The van der Waals surface area contributed by atoms with Gasteiger partial charge in [-0.15, -0.1) is 0 Å². The van der Waals surface area contributed by atoms with Gasteiger partial charge in [0.05, 0.1) is 11.3 Å². The second-order valence-electron chi connectivity index (χ2n) is 6.07. The molecule has 1 heterocycles. The van der Waals surface area contributed by atoms with Crippen LogP contribution in [0.1, 0.15) is 32.0 Å². The van der Waals surface area contributed by atoms with Crippen LogP contribution in [-0.2, 0) is 17.5 Å². The van der Waals surface area contributed by atoms with E-state index in [2.05, 4.69) is 10.3 Å². The van der Waals surface area contributed by atoms with Crippen molar-refractivity contribution in [3.63, 3.8) is 0 Å². The number of alkyl halides is 3. The van der Waals surface area contributed by atoms with Gasteiger partial charge in [-0.3, -0.25) is 4.98 Å². The predicted octanol–water partition coefficient (Wildman–Crippen LogP) is 3.06. The largest absolute Gasteiger partial charge is 0.444 e. The van der Waals surface area contributed by atoms with E-state index >= 15 is 0 Å². The number of halogens is 3. The van der Waals surface area contributed by atoms with E-state index in [4.69, 9.17) is 4.74 Å². The van der Waals surface area contributed by atoms with E-state index < -0.39 is 23.4 Å². The van der Waals surface area contributed by atoms with E-state index in [0.29, 0.717) is 13.1 Å². The summed E-state index contributed by atoms with van der Waals surface area (Å²) in [7, 11) is 1.57. The molecule has 0 aliphatic rings. The third-order valence-corrected chi connectivity index (χ3v) is 2.82. The van der Waals surface area contributed by atoms with Crippen LogP contribution in [0.2, 0.25) is 0 Å². The van der Waals surface area contributed by atoms with Crippen molar-refractivity contribution in [2.45, 2.75) is 39.1 Å². The first-order valence-electron chi connectivity index (χ1n) is 7.16. The zero-order valence-electron chi connectivity index (χ0n) is 13.7. The number of carbonyl (C=O) groups excluding carboxylic acids is 1. The highest BCUT2D eigenvalue weighted by molar-refractivity contribution is 5.67. The fourth-order valence-corrected chi connectivity index (χ4v) is 1.72. The molecular formula is C15H22F3N3O2. The lowest BCUT2D eigenvalue weighted by Gasteiger charge is -2.24. The molecule has 0 radical (unpaired) electrons. The Kier molecular flexibility index (Phi) is 6.37. The molecular weight excluding hydrogens is 311 g/mol. The molecule has 0 unspecified atom stereocenters. The van der Waals surface area contributed by atoms with Crippen molar-refractivity contribution in [2.75, 3.05) is 20.1 Å². The van der Waals surface area contributed by atoms with E-state index in [1.54, 1.807) is 27.8 Å². The fourth-order valence-electron chi connectivity index (χ4n) is 1.72. The topological polar surface area (TPSA) is 54.5 Å². The van der Waals surface area contributed by atoms with Crippen LogP contribution in [0.3, 0.4) is 0 Å². The summed E-state index contributed by atoms with van der Waals surface area (Å²) in [5.41, 5.74) is -1.41. The highest BCUT2D eigenvalue weighted by Gasteiger charge is 2.33. The van der Waals surface area contributed by atoms with Crippen molar-refractivity contribution in [3.8, 4) is 0 Å². The van der Waals surface area contributed by atoms with E-state index in [-0.39, 0.29) is 12.2 Å². The van der Waals surface area contributed by atoms with Gasteiger partial charge in [-0.2, -0.15) is 13.2 Å². The van der Waals surface area contributed by atoms with Crippen molar-refractivity contribution >= 4 is 6.09 Å². The van der Waals surface area contributed by atoms with E-state index in [0.717, 1.165) is 6.07 Å². The fraction of sp³-hybridized carbons (Fsp3) is 0.600. The van der Waals surface area contributed by atoms with Crippen molar-refractivity contribution < 1.29 is 22.7 Å². The summed E-state index contributed by atoms with van der Waals surface area (Å²) >= 11 is 0. The third-order valence-electron chi connectivity index (χ3n) is 2.82. The van der Waals surface area contributed by atoms with Gasteiger partial charge < -0.3 is 15.0 Å². The van der Waals surface area contributed by atoms with Gasteiger partial charge in [0, 0.05) is 32.9 Å². The number of likely N-dealkylation sites (N-methyl/N-ethyl adjacent to an activating group) is 1. The maximum atomic E-state index is 12.8. The van der Waals surface area contributed by atoms with Crippen LogP contribution in [0.5, 0.6) is 0 Å². The van der Waals surface area contributed by atoms with Crippen LogP contribution in [0.4, 0.5) is 18.0 Å².